The highest BCUT2D eigenvalue weighted by Crippen LogP contribution is 2.30. The van der Waals surface area contributed by atoms with Gasteiger partial charge in [0.25, 0.3) is 5.91 Å². The van der Waals surface area contributed by atoms with E-state index in [-0.39, 0.29) is 6.61 Å². The maximum atomic E-state index is 13.0. The summed E-state index contributed by atoms with van der Waals surface area (Å²) in [5, 5.41) is 20.7. The summed E-state index contributed by atoms with van der Waals surface area (Å²) < 4.78 is 31.4. The molecule has 0 bridgehead atoms. The van der Waals surface area contributed by atoms with Crippen molar-refractivity contribution < 1.29 is 22.7 Å². The van der Waals surface area contributed by atoms with Crippen molar-refractivity contribution in [2.24, 2.45) is 0 Å². The van der Waals surface area contributed by atoms with Crippen LogP contribution in [0.15, 0.2) is 46.9 Å². The molecule has 1 atom stereocenters. The van der Waals surface area contributed by atoms with Gasteiger partial charge < -0.3 is 20.2 Å². The average Bonchev–Trinajstić information content (AvgIpc) is 3.14. The van der Waals surface area contributed by atoms with Gasteiger partial charge in [0.2, 0.25) is 10.0 Å². The first-order chi connectivity index (χ1) is 15.6. The van der Waals surface area contributed by atoms with Crippen molar-refractivity contribution in [3.05, 3.63) is 64.9 Å². The van der Waals surface area contributed by atoms with E-state index in [1.807, 2.05) is 4.72 Å². The molecule has 0 saturated carbocycles. The van der Waals surface area contributed by atoms with Gasteiger partial charge in [-0.05, 0) is 55.3 Å². The number of aliphatic hydroxyl groups is 1. The van der Waals surface area contributed by atoms with E-state index in [0.29, 0.717) is 45.7 Å². The summed E-state index contributed by atoms with van der Waals surface area (Å²) in [7, 11) is -3.79. The highest BCUT2D eigenvalue weighted by molar-refractivity contribution is 7.89. The quantitative estimate of drug-likeness (QED) is 0.297. The first-order valence-corrected chi connectivity index (χ1v) is 12.0. The lowest BCUT2D eigenvalue weighted by Gasteiger charge is -2.20. The SMILES string of the molecule is CC#Cc1cc([C@@H](Nc2ccc(C(C)=N)cc2)C(=O)NS(C)(=O)=O)cc2cc(CCO)oc12. The monoisotopic (exact) mass is 467 g/mol. The molecule has 0 spiro atoms. The molecule has 0 unspecified atom stereocenters. The number of furan rings is 1. The van der Waals surface area contributed by atoms with Gasteiger partial charge in [0.05, 0.1) is 18.4 Å². The van der Waals surface area contributed by atoms with E-state index in [1.165, 1.54) is 0 Å². The molecular weight excluding hydrogens is 442 g/mol. The van der Waals surface area contributed by atoms with Crippen molar-refractivity contribution in [1.82, 2.24) is 4.72 Å². The number of amides is 1. The molecule has 1 amide bonds. The first-order valence-electron chi connectivity index (χ1n) is 10.1. The molecule has 3 rings (SSSR count). The van der Waals surface area contributed by atoms with Gasteiger partial charge in [0.1, 0.15) is 17.4 Å². The topological polar surface area (TPSA) is 132 Å². The van der Waals surface area contributed by atoms with Gasteiger partial charge in [0, 0.05) is 23.2 Å². The Morgan fingerprint density at radius 3 is 2.48 bits per heavy atom. The minimum atomic E-state index is -3.79. The number of fused-ring (bicyclic) bond motifs is 1. The molecule has 4 N–H and O–H groups in total. The van der Waals surface area contributed by atoms with Crippen LogP contribution in [0.3, 0.4) is 0 Å². The fraction of sp³-hybridized carbons (Fsp3) is 0.250. The normalized spacial score (nSPS) is 12.0. The number of anilines is 1. The molecule has 1 heterocycles. The van der Waals surface area contributed by atoms with E-state index in [0.717, 1.165) is 11.8 Å². The van der Waals surface area contributed by atoms with Crippen LogP contribution in [0.25, 0.3) is 11.0 Å². The van der Waals surface area contributed by atoms with Crippen molar-refractivity contribution in [2.75, 3.05) is 18.2 Å². The van der Waals surface area contributed by atoms with Crippen LogP contribution in [-0.4, -0.2) is 38.0 Å². The van der Waals surface area contributed by atoms with E-state index in [2.05, 4.69) is 17.2 Å². The summed E-state index contributed by atoms with van der Waals surface area (Å²) in [6.45, 7) is 3.27. The van der Waals surface area contributed by atoms with Crippen LogP contribution >= 0.6 is 0 Å². The minimum Gasteiger partial charge on any atom is -0.460 e. The first kappa shape index (κ1) is 24.0. The van der Waals surface area contributed by atoms with E-state index in [9.17, 15) is 18.3 Å². The zero-order chi connectivity index (χ0) is 24.2. The number of carbonyl (C=O) groups excluding carboxylic acids is 1. The van der Waals surface area contributed by atoms with Gasteiger partial charge in [0.15, 0.2) is 0 Å². The third-order valence-corrected chi connectivity index (χ3v) is 5.39. The van der Waals surface area contributed by atoms with Crippen molar-refractivity contribution >= 4 is 38.3 Å². The second-order valence-corrected chi connectivity index (χ2v) is 9.31. The lowest BCUT2D eigenvalue weighted by Crippen LogP contribution is -2.37. The summed E-state index contributed by atoms with van der Waals surface area (Å²) in [6, 6.07) is 11.0. The van der Waals surface area contributed by atoms with Crippen LogP contribution < -0.4 is 10.0 Å². The molecule has 0 radical (unpaired) electrons. The van der Waals surface area contributed by atoms with Crippen molar-refractivity contribution in [3.63, 3.8) is 0 Å². The Morgan fingerprint density at radius 2 is 1.91 bits per heavy atom. The van der Waals surface area contributed by atoms with Crippen molar-refractivity contribution in [1.29, 1.82) is 5.41 Å². The van der Waals surface area contributed by atoms with Gasteiger partial charge >= 0.3 is 0 Å². The number of rotatable bonds is 8. The van der Waals surface area contributed by atoms with Crippen LogP contribution in [-0.2, 0) is 21.2 Å². The summed E-state index contributed by atoms with van der Waals surface area (Å²) >= 11 is 0. The molecule has 0 saturated heterocycles. The van der Waals surface area contributed by atoms with Crippen LogP contribution in [0.5, 0.6) is 0 Å². The fourth-order valence-electron chi connectivity index (χ4n) is 3.38. The minimum absolute atomic E-state index is 0.0758. The van der Waals surface area contributed by atoms with Crippen molar-refractivity contribution in [2.45, 2.75) is 26.3 Å². The number of sulfonamides is 1. The van der Waals surface area contributed by atoms with E-state index in [1.54, 1.807) is 56.3 Å². The second-order valence-electron chi connectivity index (χ2n) is 7.57. The molecular formula is C24H25N3O5S. The molecule has 8 nitrogen and oxygen atoms in total. The Balaban J connectivity index is 2.10. The third kappa shape index (κ3) is 6.00. The third-order valence-electron chi connectivity index (χ3n) is 4.82. The van der Waals surface area contributed by atoms with Crippen molar-refractivity contribution in [3.8, 4) is 11.8 Å². The number of nitrogens with one attached hydrogen (secondary N) is 3. The zero-order valence-corrected chi connectivity index (χ0v) is 19.3. The number of hydrogen-bond donors (Lipinski definition) is 4. The maximum absolute atomic E-state index is 13.0. The van der Waals surface area contributed by atoms with Gasteiger partial charge in [-0.15, -0.1) is 5.92 Å². The Bertz CT molecular complexity index is 1360. The molecule has 2 aromatic carbocycles. The van der Waals surface area contributed by atoms with E-state index < -0.39 is 22.0 Å². The highest BCUT2D eigenvalue weighted by atomic mass is 32.2. The molecule has 0 aliphatic carbocycles. The van der Waals surface area contributed by atoms with Gasteiger partial charge in [-0.25, -0.2) is 8.42 Å². The number of benzene rings is 2. The van der Waals surface area contributed by atoms with Gasteiger partial charge in [-0.3, -0.25) is 9.52 Å². The Morgan fingerprint density at radius 1 is 1.21 bits per heavy atom. The molecule has 0 fully saturated rings. The fourth-order valence-corrected chi connectivity index (χ4v) is 3.87. The number of aliphatic hydroxyl groups excluding tert-OH is 1. The van der Waals surface area contributed by atoms with Crippen LogP contribution in [0.1, 0.15) is 42.3 Å². The smallest absolute Gasteiger partial charge is 0.260 e. The predicted molar refractivity (Wildman–Crippen MR) is 128 cm³/mol. The lowest BCUT2D eigenvalue weighted by atomic mass is 10.00. The zero-order valence-electron chi connectivity index (χ0n) is 18.5. The maximum Gasteiger partial charge on any atom is 0.260 e. The summed E-state index contributed by atoms with van der Waals surface area (Å²) in [5.74, 6) is 5.61. The molecule has 1 aromatic heterocycles. The molecule has 0 aliphatic rings. The Kier molecular flexibility index (Phi) is 7.21. The lowest BCUT2D eigenvalue weighted by molar-refractivity contribution is -0.120. The largest absolute Gasteiger partial charge is 0.460 e. The molecule has 33 heavy (non-hydrogen) atoms. The number of carbonyl (C=O) groups is 1. The van der Waals surface area contributed by atoms with Crippen LogP contribution in [0.4, 0.5) is 5.69 Å². The van der Waals surface area contributed by atoms with Crippen LogP contribution in [0.2, 0.25) is 0 Å². The summed E-state index contributed by atoms with van der Waals surface area (Å²) in [6.07, 6.45) is 1.25. The van der Waals surface area contributed by atoms with Gasteiger partial charge in [-0.2, -0.15) is 0 Å². The Labute approximate surface area is 192 Å². The predicted octanol–water partition coefficient (Wildman–Crippen LogP) is 2.96. The summed E-state index contributed by atoms with van der Waals surface area (Å²) in [4.78, 5) is 13.0. The molecule has 9 heteroatoms. The molecule has 0 aliphatic heterocycles. The van der Waals surface area contributed by atoms with Crippen LogP contribution in [0, 0.1) is 17.3 Å². The van der Waals surface area contributed by atoms with E-state index >= 15 is 0 Å². The molecule has 3 aromatic rings. The number of hydrogen-bond acceptors (Lipinski definition) is 7. The van der Waals surface area contributed by atoms with E-state index in [4.69, 9.17) is 9.83 Å². The highest BCUT2D eigenvalue weighted by Gasteiger charge is 2.25. The average molecular weight is 468 g/mol. The van der Waals surface area contributed by atoms with Gasteiger partial charge in [-0.1, -0.05) is 18.1 Å². The standard InChI is InChI=1S/C24H25N3O5S/c1-4-5-17-12-18(13-19-14-21(10-11-28)32-23(17)19)22(24(29)27-33(3,30)31)26-20-8-6-16(7-9-20)15(2)25/h6-9,12-14,22,25-26,28H,10-11H2,1-3H3,(H,27,29)/t22-/m1/s1. The molecule has 172 valence electrons. The Hall–Kier alpha value is -3.61. The summed E-state index contributed by atoms with van der Waals surface area (Å²) in [5.41, 5.74) is 3.27. The second kappa shape index (κ2) is 9.90.